The number of phenols is 1. The van der Waals surface area contributed by atoms with Gasteiger partial charge in [-0.1, -0.05) is 29.8 Å². The maximum atomic E-state index is 13.3. The molecule has 0 aromatic heterocycles. The fraction of sp³-hybridized carbons (Fsp3) is 0.280. The molecule has 4 rings (SSSR count). The van der Waals surface area contributed by atoms with E-state index in [9.17, 15) is 24.3 Å². The van der Waals surface area contributed by atoms with Crippen molar-refractivity contribution in [3.63, 3.8) is 0 Å². The van der Waals surface area contributed by atoms with Crippen LogP contribution in [0, 0.1) is 12.8 Å². The molecule has 2 N–H and O–H groups in total. The maximum absolute atomic E-state index is 13.3. The molecule has 0 fully saturated rings. The first kappa shape index (κ1) is 22.3. The lowest BCUT2D eigenvalue weighted by molar-refractivity contribution is -0.140. The number of methoxy groups -OCH3 is 1. The lowest BCUT2D eigenvalue weighted by atomic mass is 9.67. The molecular weight excluding hydrogens is 426 g/mol. The van der Waals surface area contributed by atoms with E-state index in [1.807, 2.05) is 31.2 Å². The van der Waals surface area contributed by atoms with Crippen molar-refractivity contribution in [2.45, 2.75) is 32.7 Å². The van der Waals surface area contributed by atoms with Gasteiger partial charge in [0.25, 0.3) is 5.91 Å². The van der Waals surface area contributed by atoms with Crippen LogP contribution in [0.1, 0.15) is 40.9 Å². The van der Waals surface area contributed by atoms with E-state index in [-0.39, 0.29) is 40.7 Å². The number of fused-ring (bicyclic) bond motifs is 3. The number of hydrogen-bond acceptors (Lipinski definition) is 7. The number of hydrogen-bond donors (Lipinski definition) is 2. The topological polar surface area (TPSA) is 119 Å². The minimum atomic E-state index is -1.60. The van der Waals surface area contributed by atoms with Gasteiger partial charge in [0.15, 0.2) is 17.3 Å². The second-order valence-electron chi connectivity index (χ2n) is 8.39. The summed E-state index contributed by atoms with van der Waals surface area (Å²) in [5, 5.41) is 13.6. The predicted octanol–water partition coefficient (Wildman–Crippen LogP) is 2.53. The lowest BCUT2D eigenvalue weighted by Crippen LogP contribution is -2.47. The SMILES string of the molecule is COc1cc(O)c2c(c1C(=O)NCc1cccc(C)c1)OC1=CC(=O)C(C(C)=O)C(=O)[C@]12C. The van der Waals surface area contributed by atoms with Crippen molar-refractivity contribution < 1.29 is 33.8 Å². The number of carbonyl (C=O) groups is 4. The lowest BCUT2D eigenvalue weighted by Gasteiger charge is -2.30. The second-order valence-corrected chi connectivity index (χ2v) is 8.39. The third-order valence-corrected chi connectivity index (χ3v) is 6.13. The molecule has 1 heterocycles. The van der Waals surface area contributed by atoms with E-state index in [0.717, 1.165) is 24.1 Å². The molecule has 2 aromatic rings. The molecule has 0 radical (unpaired) electrons. The Bertz CT molecular complexity index is 1260. The van der Waals surface area contributed by atoms with Crippen molar-refractivity contribution in [1.82, 2.24) is 5.32 Å². The minimum absolute atomic E-state index is 0.0193. The maximum Gasteiger partial charge on any atom is 0.259 e. The summed E-state index contributed by atoms with van der Waals surface area (Å²) in [5.74, 6) is -4.45. The molecule has 0 bridgehead atoms. The Balaban J connectivity index is 1.81. The van der Waals surface area contributed by atoms with Crippen LogP contribution in [0.25, 0.3) is 0 Å². The Labute approximate surface area is 190 Å². The van der Waals surface area contributed by atoms with Gasteiger partial charge >= 0.3 is 0 Å². The van der Waals surface area contributed by atoms with Crippen LogP contribution in [0.15, 0.2) is 42.2 Å². The fourth-order valence-electron chi connectivity index (χ4n) is 4.44. The van der Waals surface area contributed by atoms with Crippen LogP contribution in [-0.4, -0.2) is 35.5 Å². The van der Waals surface area contributed by atoms with Crippen LogP contribution in [0.3, 0.4) is 0 Å². The number of benzene rings is 2. The van der Waals surface area contributed by atoms with Crippen molar-refractivity contribution in [1.29, 1.82) is 0 Å². The Morgan fingerprint density at radius 1 is 1.24 bits per heavy atom. The first-order chi connectivity index (χ1) is 15.6. The van der Waals surface area contributed by atoms with Crippen LogP contribution in [0.5, 0.6) is 17.2 Å². The second kappa shape index (κ2) is 7.88. The first-order valence-corrected chi connectivity index (χ1v) is 10.4. The monoisotopic (exact) mass is 449 g/mol. The summed E-state index contributed by atoms with van der Waals surface area (Å²) in [7, 11) is 1.34. The summed E-state index contributed by atoms with van der Waals surface area (Å²) in [5.41, 5.74) is 0.335. The van der Waals surface area contributed by atoms with Crippen LogP contribution in [0.4, 0.5) is 0 Å². The Morgan fingerprint density at radius 3 is 2.61 bits per heavy atom. The van der Waals surface area contributed by atoms with Gasteiger partial charge in [0, 0.05) is 18.7 Å². The molecule has 2 atom stereocenters. The van der Waals surface area contributed by atoms with Gasteiger partial charge in [-0.05, 0) is 26.3 Å². The zero-order valence-electron chi connectivity index (χ0n) is 18.6. The van der Waals surface area contributed by atoms with Crippen molar-refractivity contribution in [3.8, 4) is 17.2 Å². The number of nitrogens with one attached hydrogen (secondary N) is 1. The first-order valence-electron chi connectivity index (χ1n) is 10.4. The zero-order chi connectivity index (χ0) is 24.1. The number of Topliss-reactive ketones (excluding diaryl/α,β-unsaturated/α-hetero) is 2. The van der Waals surface area contributed by atoms with E-state index in [2.05, 4.69) is 5.32 Å². The highest BCUT2D eigenvalue weighted by Crippen LogP contribution is 2.56. The number of ether oxygens (including phenoxy) is 2. The molecule has 2 aromatic carbocycles. The highest BCUT2D eigenvalue weighted by molar-refractivity contribution is 6.27. The number of phenolic OH excluding ortho intramolecular Hbond substituents is 1. The van der Waals surface area contributed by atoms with E-state index < -0.39 is 34.6 Å². The van der Waals surface area contributed by atoms with Crippen LogP contribution in [-0.2, 0) is 26.3 Å². The molecule has 170 valence electrons. The predicted molar refractivity (Wildman–Crippen MR) is 117 cm³/mol. The summed E-state index contributed by atoms with van der Waals surface area (Å²) in [4.78, 5) is 50.9. The van der Waals surface area contributed by atoms with Crippen LogP contribution in [0.2, 0.25) is 0 Å². The van der Waals surface area contributed by atoms with E-state index in [4.69, 9.17) is 9.47 Å². The van der Waals surface area contributed by atoms with Gasteiger partial charge in [-0.2, -0.15) is 0 Å². The molecule has 1 aliphatic carbocycles. The van der Waals surface area contributed by atoms with E-state index >= 15 is 0 Å². The van der Waals surface area contributed by atoms with Gasteiger partial charge in [0.2, 0.25) is 0 Å². The van der Waals surface area contributed by atoms with E-state index in [0.29, 0.717) is 0 Å². The highest BCUT2D eigenvalue weighted by Gasteiger charge is 2.58. The molecule has 1 aliphatic heterocycles. The van der Waals surface area contributed by atoms with Gasteiger partial charge in [-0.3, -0.25) is 19.2 Å². The van der Waals surface area contributed by atoms with Crippen molar-refractivity contribution in [2.75, 3.05) is 7.11 Å². The molecule has 33 heavy (non-hydrogen) atoms. The van der Waals surface area contributed by atoms with Gasteiger partial charge < -0.3 is 19.9 Å². The number of rotatable bonds is 5. The average Bonchev–Trinajstić information content (AvgIpc) is 3.05. The van der Waals surface area contributed by atoms with Crippen molar-refractivity contribution in [3.05, 3.63) is 64.4 Å². The summed E-state index contributed by atoms with van der Waals surface area (Å²) in [6.45, 7) is 4.80. The summed E-state index contributed by atoms with van der Waals surface area (Å²) >= 11 is 0. The van der Waals surface area contributed by atoms with Crippen molar-refractivity contribution in [2.24, 2.45) is 5.92 Å². The number of amides is 1. The molecule has 0 spiro atoms. The molecule has 2 aliphatic rings. The normalized spacial score (nSPS) is 21.0. The van der Waals surface area contributed by atoms with Crippen LogP contribution < -0.4 is 14.8 Å². The Hall–Kier alpha value is -3.94. The average molecular weight is 449 g/mol. The van der Waals surface area contributed by atoms with E-state index in [1.165, 1.54) is 20.1 Å². The van der Waals surface area contributed by atoms with Gasteiger partial charge in [-0.15, -0.1) is 0 Å². The highest BCUT2D eigenvalue weighted by atomic mass is 16.5. The smallest absolute Gasteiger partial charge is 0.259 e. The Morgan fingerprint density at radius 2 is 1.97 bits per heavy atom. The standard InChI is InChI=1S/C25H23NO7/c1-12-6-5-7-14(8-12)11-26-24(31)20-17(32-4)9-16(29)21-22(20)33-18-10-15(28)19(13(2)27)23(30)25(18,21)3/h5-10,19,29H,11H2,1-4H3,(H,26,31)/t19?,25-/m1/s1. The summed E-state index contributed by atoms with van der Waals surface area (Å²) in [6, 6.07) is 8.85. The molecule has 1 amide bonds. The fourth-order valence-corrected chi connectivity index (χ4v) is 4.44. The molecule has 0 saturated carbocycles. The number of carbonyl (C=O) groups excluding carboxylic acids is 4. The minimum Gasteiger partial charge on any atom is -0.507 e. The molecular formula is C25H23NO7. The number of aromatic hydroxyl groups is 1. The third-order valence-electron chi connectivity index (χ3n) is 6.13. The van der Waals surface area contributed by atoms with E-state index in [1.54, 1.807) is 0 Å². The number of ketones is 3. The number of allylic oxidation sites excluding steroid dienone is 2. The number of aryl methyl sites for hydroxylation is 1. The van der Waals surface area contributed by atoms with Crippen LogP contribution >= 0.6 is 0 Å². The van der Waals surface area contributed by atoms with Gasteiger partial charge in [0.05, 0.1) is 12.7 Å². The molecule has 1 unspecified atom stereocenters. The quantitative estimate of drug-likeness (QED) is 0.673. The molecule has 8 heteroatoms. The molecule has 0 saturated heterocycles. The third kappa shape index (κ3) is 3.38. The van der Waals surface area contributed by atoms with Gasteiger partial charge in [0.1, 0.15) is 39.9 Å². The summed E-state index contributed by atoms with van der Waals surface area (Å²) in [6.07, 6.45) is 1.09. The molecule has 8 nitrogen and oxygen atoms in total. The van der Waals surface area contributed by atoms with Crippen molar-refractivity contribution >= 4 is 23.3 Å². The largest absolute Gasteiger partial charge is 0.507 e. The van der Waals surface area contributed by atoms with Gasteiger partial charge in [-0.25, -0.2) is 0 Å². The Kier molecular flexibility index (Phi) is 5.32. The summed E-state index contributed by atoms with van der Waals surface area (Å²) < 4.78 is 11.1. The zero-order valence-corrected chi connectivity index (χ0v) is 18.6.